The molecule has 0 unspecified atom stereocenters. The monoisotopic (exact) mass is 1890 g/mol. The van der Waals surface area contributed by atoms with Gasteiger partial charge in [0.2, 0.25) is 0 Å². The molecule has 5 amide bonds. The number of halogens is 8. The third-order valence-corrected chi connectivity index (χ3v) is 21.1. The predicted molar refractivity (Wildman–Crippen MR) is 434 cm³/mol. The summed E-state index contributed by atoms with van der Waals surface area (Å²) in [5.41, 5.74) is 3.77. The molecule has 0 aliphatic carbocycles. The summed E-state index contributed by atoms with van der Waals surface area (Å²) >= 11 is 12.4. The van der Waals surface area contributed by atoms with E-state index in [1.807, 2.05) is 61.0 Å². The highest BCUT2D eigenvalue weighted by atomic mass is 79.9. The van der Waals surface area contributed by atoms with Gasteiger partial charge in [0.15, 0.2) is 12.2 Å². The number of H-pyrrole nitrogens is 1. The van der Waals surface area contributed by atoms with Crippen LogP contribution in [-0.2, 0) is 36.8 Å². The molecule has 626 valence electrons. The van der Waals surface area contributed by atoms with Crippen LogP contribution >= 0.6 is 71.3 Å². The summed E-state index contributed by atoms with van der Waals surface area (Å²) in [5, 5.41) is 18.2. The van der Waals surface area contributed by atoms with Crippen LogP contribution in [0.15, 0.2) is 261 Å². The number of aromatic amines is 1. The number of anilines is 5. The number of hydrogen-bond acceptors (Lipinski definition) is 25. The molecule has 5 aromatic heterocycles. The quantitative estimate of drug-likeness (QED) is 0.0406. The van der Waals surface area contributed by atoms with Crippen molar-refractivity contribution < 1.29 is 107 Å². The van der Waals surface area contributed by atoms with Crippen LogP contribution in [0.25, 0.3) is 22.3 Å². The maximum absolute atomic E-state index is 14.7. The standard InChI is InChI=1S/2C20H17FN2O4S.2C13H10BrFN2O4.C10H9BrFNO3.C3H3NO2/c1-28-16-5-2-13(3-6-16)17-7-4-14(10-18(17)21)23-11-15(27-20(23)24)12-25-19-8-9-26-22-19;1-28-16-5-2-13(3-6-16)17-7-4-14(10-18(17)21)22-11-15(27-20(22)25)12-23-19(24)8-9-26-23;14-10-2-1-8(5-11(10)15)17-6-9(21-13(17)18)7-19-12-3-4-20-16-12;14-10-2-1-8(5-11(10)15)16-6-9(21-13(16)19)7-17-12(18)3-4-20-17;11-8-2-1-6(3-9(8)12)13-4-7(5-14)16-10(13)15;5-3-1-2-6-4-3/h2*2-10,15H,11-12H2,1H3;2*1-5,9H,6-7H2;1-3,7,14H,4-5H2;1-2H,(H,4,5)/t2*15-;2*9-;7-;/m11111./s1. The third kappa shape index (κ3) is 22.7. The second-order valence-corrected chi connectivity index (χ2v) is 30.0. The Morgan fingerprint density at radius 2 is 0.742 bits per heavy atom. The molecule has 0 bridgehead atoms. The van der Waals surface area contributed by atoms with Gasteiger partial charge in [0.05, 0.1) is 94.3 Å². The van der Waals surface area contributed by atoms with E-state index in [2.05, 4.69) is 76.8 Å². The molecule has 5 fully saturated rings. The van der Waals surface area contributed by atoms with Crippen molar-refractivity contribution in [2.45, 2.75) is 53.4 Å². The summed E-state index contributed by atoms with van der Waals surface area (Å²) in [7, 11) is 0. The average molecular weight is 1890 g/mol. The summed E-state index contributed by atoms with van der Waals surface area (Å²) in [6, 6.07) is 44.8. The Kier molecular flexibility index (Phi) is 29.7. The smallest absolute Gasteiger partial charge is 0.414 e. The molecule has 5 aliphatic heterocycles. The van der Waals surface area contributed by atoms with Crippen molar-refractivity contribution in [2.24, 2.45) is 0 Å². The lowest BCUT2D eigenvalue weighted by molar-refractivity contribution is 0.0962. The molecule has 12 aromatic rings. The van der Waals surface area contributed by atoms with E-state index >= 15 is 0 Å². The van der Waals surface area contributed by atoms with Crippen LogP contribution in [0.4, 0.5) is 74.4 Å². The topological polar surface area (TPSA) is 355 Å². The summed E-state index contributed by atoms with van der Waals surface area (Å²) in [4.78, 5) is 101. The molecule has 5 saturated heterocycles. The van der Waals surface area contributed by atoms with Crippen LogP contribution in [0.5, 0.6) is 11.8 Å². The number of hydrogen-bond donors (Lipinski definition) is 2. The molecule has 41 heteroatoms. The minimum absolute atomic E-state index is 0.108. The number of ether oxygens (including phenoxy) is 7. The molecule has 2 N–H and O–H groups in total. The normalized spacial score (nSPS) is 17.0. The molecule has 17 rings (SSSR count). The van der Waals surface area contributed by atoms with Crippen molar-refractivity contribution in [3.05, 3.63) is 275 Å². The fraction of sp³-hybridized carbons (Fsp3) is 0.215. The summed E-state index contributed by atoms with van der Waals surface area (Å²) in [6.07, 6.45) is 5.20. The first-order valence-electron chi connectivity index (χ1n) is 35.6. The van der Waals surface area contributed by atoms with E-state index in [0.717, 1.165) is 30.4 Å². The summed E-state index contributed by atoms with van der Waals surface area (Å²) in [6.45, 7) is 1.46. The van der Waals surface area contributed by atoms with Gasteiger partial charge in [0.1, 0.15) is 91.9 Å². The highest BCUT2D eigenvalue weighted by molar-refractivity contribution is 9.11. The van der Waals surface area contributed by atoms with E-state index in [1.165, 1.54) is 123 Å². The van der Waals surface area contributed by atoms with Crippen molar-refractivity contribution in [3.63, 3.8) is 0 Å². The first-order chi connectivity index (χ1) is 57.9. The largest absolute Gasteiger partial charge is 0.471 e. The maximum atomic E-state index is 14.7. The fourth-order valence-electron chi connectivity index (χ4n) is 11.8. The van der Waals surface area contributed by atoms with Crippen molar-refractivity contribution in [1.29, 1.82) is 0 Å². The van der Waals surface area contributed by atoms with Gasteiger partial charge >= 0.3 is 30.5 Å². The van der Waals surface area contributed by atoms with Gasteiger partial charge in [-0.25, -0.2) is 45.9 Å². The lowest BCUT2D eigenvalue weighted by Crippen LogP contribution is -2.28. The minimum Gasteiger partial charge on any atom is -0.471 e. The maximum Gasteiger partial charge on any atom is 0.414 e. The number of benzene rings is 7. The number of thioether (sulfide) groups is 2. The lowest BCUT2D eigenvalue weighted by atomic mass is 10.0. The molecule has 120 heavy (non-hydrogen) atoms. The highest BCUT2D eigenvalue weighted by Crippen LogP contribution is 2.35. The number of nitrogens with one attached hydrogen (secondary N) is 1. The number of carbonyl (C=O) groups is 5. The zero-order valence-corrected chi connectivity index (χ0v) is 68.9. The van der Waals surface area contributed by atoms with E-state index in [0.29, 0.717) is 64.7 Å². The highest BCUT2D eigenvalue weighted by Gasteiger charge is 2.38. The van der Waals surface area contributed by atoms with Crippen molar-refractivity contribution in [3.8, 4) is 34.0 Å². The fourth-order valence-corrected chi connectivity index (χ4v) is 13.3. The Morgan fingerprint density at radius 3 is 1.02 bits per heavy atom. The van der Waals surface area contributed by atoms with Crippen LogP contribution in [0.3, 0.4) is 0 Å². The van der Waals surface area contributed by atoms with Gasteiger partial charge in [0.25, 0.3) is 28.4 Å². The van der Waals surface area contributed by atoms with E-state index < -0.39 is 90.1 Å². The molecular formula is C79H66Br3F5N10O21S2. The number of aliphatic hydroxyl groups excluding tert-OH is 1. The molecule has 7 aromatic carbocycles. The molecule has 5 aliphatic rings. The third-order valence-electron chi connectivity index (χ3n) is 17.7. The molecule has 5 atom stereocenters. The first-order valence-corrected chi connectivity index (χ1v) is 40.4. The molecule has 10 heterocycles. The average Bonchev–Trinajstić information content (AvgIpc) is 1.48. The molecule has 0 radical (unpaired) electrons. The SMILES string of the molecule is CSc1ccc(-c2ccc(N3C[C@H](COc4ccon4)OC3=O)cc2F)cc1.CSc1ccc(-c2ccc(N3C[C@H](Cn4occc4=O)OC3=O)cc2F)cc1.O=C1O[C@@H](CO)CN1c1ccc(Br)c(F)c1.O=C1O[C@@H](COc2ccon2)CN1c1ccc(Br)c(F)c1.O=C1O[C@@H](Cn2occc2=O)CN1c1ccc(Br)c(F)c1.O=c1cco[nH]1. The van der Waals surface area contributed by atoms with Gasteiger partial charge in [-0.15, -0.1) is 23.5 Å². The number of cyclic esters (lactones) is 5. The molecule has 31 nitrogen and oxygen atoms in total. The molecular weight excluding hydrogens is 1820 g/mol. The molecule has 0 saturated carbocycles. The Labute approximate surface area is 709 Å². The van der Waals surface area contributed by atoms with Gasteiger partial charge in [0, 0.05) is 51.2 Å². The van der Waals surface area contributed by atoms with E-state index in [4.69, 9.17) is 47.3 Å². The predicted octanol–water partition coefficient (Wildman–Crippen LogP) is 15.8. The Bertz CT molecular complexity index is 5690. The van der Waals surface area contributed by atoms with Crippen LogP contribution in [-0.4, -0.2) is 156 Å². The second-order valence-electron chi connectivity index (χ2n) is 25.6. The zero-order valence-electron chi connectivity index (χ0n) is 62.5. The first kappa shape index (κ1) is 87.0. The van der Waals surface area contributed by atoms with Crippen molar-refractivity contribution >= 4 is 130 Å². The van der Waals surface area contributed by atoms with Crippen LogP contribution in [0, 0.1) is 29.1 Å². The van der Waals surface area contributed by atoms with Crippen LogP contribution < -0.4 is 50.7 Å². The Hall–Kier alpha value is -12.3. The zero-order chi connectivity index (χ0) is 85.1. The Morgan fingerprint density at radius 1 is 0.408 bits per heavy atom. The number of nitrogens with zero attached hydrogens (tertiary/aromatic N) is 9. The van der Waals surface area contributed by atoms with E-state index in [-0.39, 0.29) is 82.3 Å². The van der Waals surface area contributed by atoms with E-state index in [1.54, 1.807) is 78.1 Å². The van der Waals surface area contributed by atoms with Gasteiger partial charge in [-0.2, -0.15) is 14.6 Å². The van der Waals surface area contributed by atoms with Gasteiger partial charge in [-0.3, -0.25) is 38.9 Å². The minimum atomic E-state index is -0.582. The lowest BCUT2D eigenvalue weighted by Gasteiger charge is -2.14. The van der Waals surface area contributed by atoms with Gasteiger partial charge < -0.3 is 60.9 Å². The summed E-state index contributed by atoms with van der Waals surface area (Å²) in [5.74, 6) is -1.54. The van der Waals surface area contributed by atoms with Crippen molar-refractivity contribution in [1.82, 2.24) is 24.9 Å². The molecule has 0 spiro atoms. The van der Waals surface area contributed by atoms with Crippen molar-refractivity contribution in [2.75, 3.05) is 89.6 Å². The van der Waals surface area contributed by atoms with Crippen LogP contribution in [0.2, 0.25) is 0 Å². The van der Waals surface area contributed by atoms with E-state index in [9.17, 15) is 60.3 Å². The Balaban J connectivity index is 0.000000137. The summed E-state index contributed by atoms with van der Waals surface area (Å²) < 4.78 is 133. The number of amides is 5. The second kappa shape index (κ2) is 40.9. The number of rotatable bonds is 20. The van der Waals surface area contributed by atoms with Crippen LogP contribution in [0.1, 0.15) is 0 Å². The number of aromatic nitrogens is 5. The van der Waals surface area contributed by atoms with Gasteiger partial charge in [-0.1, -0.05) is 24.3 Å². The van der Waals surface area contributed by atoms with Gasteiger partial charge in [-0.05, 0) is 197 Å². The number of aliphatic hydroxyl groups is 1. The number of carbonyl (C=O) groups excluding carboxylic acids is 5.